The summed E-state index contributed by atoms with van der Waals surface area (Å²) in [6.45, 7) is 5.58. The fraction of sp³-hybridized carbons (Fsp3) is 0.231. The van der Waals surface area contributed by atoms with Crippen molar-refractivity contribution in [3.8, 4) is 0 Å². The molecule has 0 radical (unpaired) electrons. The highest BCUT2D eigenvalue weighted by molar-refractivity contribution is 7.92. The van der Waals surface area contributed by atoms with E-state index in [2.05, 4.69) is 14.7 Å². The van der Waals surface area contributed by atoms with Crippen LogP contribution in [-0.2, 0) is 10.0 Å². The smallest absolute Gasteiger partial charge is 0.247 e. The summed E-state index contributed by atoms with van der Waals surface area (Å²) in [5.74, 6) is 0.0817. The van der Waals surface area contributed by atoms with Crippen molar-refractivity contribution in [2.45, 2.75) is 25.7 Å². The molecule has 1 N–H and O–H groups in total. The number of aryl methyl sites for hydroxylation is 3. The minimum Gasteiger partial charge on any atom is -0.247 e. The first-order chi connectivity index (χ1) is 8.88. The highest BCUT2D eigenvalue weighted by Crippen LogP contribution is 2.17. The average molecular weight is 277 g/mol. The van der Waals surface area contributed by atoms with Crippen LogP contribution >= 0.6 is 0 Å². The molecule has 1 heterocycles. The number of sulfonamides is 1. The third-order valence-corrected chi connectivity index (χ3v) is 4.13. The highest BCUT2D eigenvalue weighted by atomic mass is 32.2. The summed E-state index contributed by atoms with van der Waals surface area (Å²) in [5, 5.41) is 0. The zero-order valence-electron chi connectivity index (χ0n) is 11.0. The van der Waals surface area contributed by atoms with Crippen molar-refractivity contribution in [3.63, 3.8) is 0 Å². The van der Waals surface area contributed by atoms with Gasteiger partial charge in [0.2, 0.25) is 5.95 Å². The summed E-state index contributed by atoms with van der Waals surface area (Å²) >= 11 is 0. The Balaban J connectivity index is 2.35. The average Bonchev–Trinajstić information content (AvgIpc) is 2.32. The number of rotatable bonds is 3. The lowest BCUT2D eigenvalue weighted by Crippen LogP contribution is -2.15. The van der Waals surface area contributed by atoms with Crippen LogP contribution in [0.15, 0.2) is 35.4 Å². The van der Waals surface area contributed by atoms with E-state index in [1.165, 1.54) is 6.20 Å². The summed E-state index contributed by atoms with van der Waals surface area (Å²) < 4.78 is 26.7. The van der Waals surface area contributed by atoms with Gasteiger partial charge in [0.1, 0.15) is 0 Å². The molecule has 2 aromatic rings. The first kappa shape index (κ1) is 13.5. The molecule has 0 aliphatic carbocycles. The second-order valence-electron chi connectivity index (χ2n) is 4.37. The number of benzene rings is 1. The van der Waals surface area contributed by atoms with Crippen molar-refractivity contribution in [1.29, 1.82) is 0 Å². The van der Waals surface area contributed by atoms with E-state index < -0.39 is 10.0 Å². The third kappa shape index (κ3) is 3.08. The van der Waals surface area contributed by atoms with E-state index in [1.807, 2.05) is 13.8 Å². The van der Waals surface area contributed by atoms with Crippen molar-refractivity contribution >= 4 is 16.0 Å². The van der Waals surface area contributed by atoms with E-state index in [1.54, 1.807) is 31.2 Å². The monoisotopic (exact) mass is 277 g/mol. The fourth-order valence-electron chi connectivity index (χ4n) is 1.56. The van der Waals surface area contributed by atoms with Gasteiger partial charge in [-0.05, 0) is 50.1 Å². The molecule has 0 saturated carbocycles. The molecule has 2 rings (SSSR count). The third-order valence-electron chi connectivity index (χ3n) is 2.81. The van der Waals surface area contributed by atoms with E-state index in [9.17, 15) is 8.42 Å². The molecule has 0 saturated heterocycles. The molecule has 6 heteroatoms. The molecule has 1 aromatic carbocycles. The summed E-state index contributed by atoms with van der Waals surface area (Å²) in [7, 11) is -3.64. The number of hydrogen-bond acceptors (Lipinski definition) is 4. The van der Waals surface area contributed by atoms with Crippen LogP contribution in [0.5, 0.6) is 0 Å². The molecule has 19 heavy (non-hydrogen) atoms. The predicted octanol–water partition coefficient (Wildman–Crippen LogP) is 2.20. The van der Waals surface area contributed by atoms with Crippen LogP contribution in [0.4, 0.5) is 5.95 Å². The van der Waals surface area contributed by atoms with Gasteiger partial charge in [-0.2, -0.15) is 0 Å². The molecule has 0 amide bonds. The van der Waals surface area contributed by atoms with Crippen LogP contribution in [-0.4, -0.2) is 18.4 Å². The minimum atomic E-state index is -3.64. The second kappa shape index (κ2) is 4.97. The molecule has 0 aliphatic heterocycles. The zero-order valence-corrected chi connectivity index (χ0v) is 11.8. The molecular weight excluding hydrogens is 262 g/mol. The Hall–Kier alpha value is -1.95. The minimum absolute atomic E-state index is 0.0817. The Morgan fingerprint density at radius 1 is 1.05 bits per heavy atom. The van der Waals surface area contributed by atoms with Crippen LogP contribution in [0.25, 0.3) is 0 Å². The fourth-order valence-corrected chi connectivity index (χ4v) is 2.59. The lowest BCUT2D eigenvalue weighted by molar-refractivity contribution is 0.600. The second-order valence-corrected chi connectivity index (χ2v) is 6.06. The molecule has 0 bridgehead atoms. The number of aromatic nitrogens is 2. The Bertz CT molecular complexity index is 712. The summed E-state index contributed by atoms with van der Waals surface area (Å²) in [6.07, 6.45) is 1.51. The van der Waals surface area contributed by atoms with Crippen LogP contribution in [0.3, 0.4) is 0 Å². The van der Waals surface area contributed by atoms with E-state index in [-0.39, 0.29) is 10.8 Å². The van der Waals surface area contributed by atoms with Gasteiger partial charge in [0.25, 0.3) is 10.0 Å². The van der Waals surface area contributed by atoms with Gasteiger partial charge >= 0.3 is 0 Å². The summed E-state index contributed by atoms with van der Waals surface area (Å²) in [6, 6.07) is 6.68. The quantitative estimate of drug-likeness (QED) is 0.933. The molecule has 100 valence electrons. The van der Waals surface area contributed by atoms with Crippen LogP contribution in [0, 0.1) is 20.8 Å². The van der Waals surface area contributed by atoms with Gasteiger partial charge in [0.05, 0.1) is 4.90 Å². The van der Waals surface area contributed by atoms with E-state index in [0.29, 0.717) is 5.69 Å². The topological polar surface area (TPSA) is 72.0 Å². The molecule has 5 nitrogen and oxygen atoms in total. The maximum atomic E-state index is 12.2. The van der Waals surface area contributed by atoms with E-state index in [4.69, 9.17) is 0 Å². The van der Waals surface area contributed by atoms with Crippen molar-refractivity contribution < 1.29 is 8.42 Å². The van der Waals surface area contributed by atoms with Gasteiger partial charge in [-0.3, -0.25) is 0 Å². The van der Waals surface area contributed by atoms with Crippen LogP contribution < -0.4 is 4.72 Å². The van der Waals surface area contributed by atoms with Crippen molar-refractivity contribution in [2.24, 2.45) is 0 Å². The van der Waals surface area contributed by atoms with Gasteiger partial charge in [-0.25, -0.2) is 23.1 Å². The normalized spacial score (nSPS) is 11.3. The molecule has 0 spiro atoms. The van der Waals surface area contributed by atoms with Gasteiger partial charge < -0.3 is 0 Å². The van der Waals surface area contributed by atoms with E-state index in [0.717, 1.165) is 11.1 Å². The molecule has 0 aliphatic rings. The van der Waals surface area contributed by atoms with Gasteiger partial charge in [0, 0.05) is 11.9 Å². The maximum Gasteiger partial charge on any atom is 0.264 e. The lowest BCUT2D eigenvalue weighted by Gasteiger charge is -2.08. The summed E-state index contributed by atoms with van der Waals surface area (Å²) in [4.78, 5) is 8.12. The maximum absolute atomic E-state index is 12.2. The highest BCUT2D eigenvalue weighted by Gasteiger charge is 2.16. The van der Waals surface area contributed by atoms with Crippen molar-refractivity contribution in [1.82, 2.24) is 9.97 Å². The molecule has 0 unspecified atom stereocenters. The Morgan fingerprint density at radius 3 is 2.42 bits per heavy atom. The first-order valence-electron chi connectivity index (χ1n) is 5.78. The SMILES string of the molecule is Cc1ccnc(NS(=O)(=O)c2ccc(C)c(C)c2)n1. The van der Waals surface area contributed by atoms with Crippen LogP contribution in [0.2, 0.25) is 0 Å². The molecular formula is C13H15N3O2S. The van der Waals surface area contributed by atoms with Gasteiger partial charge in [-0.15, -0.1) is 0 Å². The standard InChI is InChI=1S/C13H15N3O2S/c1-9-4-5-12(8-10(9)2)19(17,18)16-13-14-7-6-11(3)15-13/h4-8H,1-3H3,(H,14,15,16). The number of nitrogens with one attached hydrogen (secondary N) is 1. The van der Waals surface area contributed by atoms with Crippen molar-refractivity contribution in [3.05, 3.63) is 47.3 Å². The number of anilines is 1. The van der Waals surface area contributed by atoms with Crippen molar-refractivity contribution in [2.75, 3.05) is 4.72 Å². The van der Waals surface area contributed by atoms with Gasteiger partial charge in [-0.1, -0.05) is 6.07 Å². The van der Waals surface area contributed by atoms with E-state index >= 15 is 0 Å². The molecule has 0 atom stereocenters. The number of hydrogen-bond donors (Lipinski definition) is 1. The summed E-state index contributed by atoms with van der Waals surface area (Å²) in [5.41, 5.74) is 2.67. The zero-order chi connectivity index (χ0) is 14.0. The lowest BCUT2D eigenvalue weighted by atomic mass is 10.1. The Labute approximate surface area is 112 Å². The largest absolute Gasteiger partial charge is 0.264 e. The first-order valence-corrected chi connectivity index (χ1v) is 7.26. The predicted molar refractivity (Wildman–Crippen MR) is 73.5 cm³/mol. The van der Waals surface area contributed by atoms with Crippen LogP contribution in [0.1, 0.15) is 16.8 Å². The molecule has 0 fully saturated rings. The van der Waals surface area contributed by atoms with Gasteiger partial charge in [0.15, 0.2) is 0 Å². The Morgan fingerprint density at radius 2 is 1.79 bits per heavy atom. The molecule has 1 aromatic heterocycles. The number of nitrogens with zero attached hydrogens (tertiary/aromatic N) is 2. The Kier molecular flexibility index (Phi) is 3.53.